The molecule has 3 rings (SSSR count). The smallest absolute Gasteiger partial charge is 0.263 e. The van der Waals surface area contributed by atoms with Gasteiger partial charge in [-0.1, -0.05) is 36.7 Å². The van der Waals surface area contributed by atoms with E-state index in [1.54, 1.807) is 22.8 Å². The van der Waals surface area contributed by atoms with Gasteiger partial charge in [0.2, 0.25) is 5.91 Å². The molecule has 0 atom stereocenters. The largest absolute Gasteiger partial charge is 0.324 e. The van der Waals surface area contributed by atoms with Gasteiger partial charge in [0.15, 0.2) is 5.16 Å². The number of rotatable bonds is 7. The Hall–Kier alpha value is -2.34. The molecule has 0 unspecified atom stereocenters. The summed E-state index contributed by atoms with van der Waals surface area (Å²) in [5, 5.41) is 13.6. The fraction of sp³-hybridized carbons (Fsp3) is 0.333. The number of benzene rings is 1. The molecule has 156 valence electrons. The van der Waals surface area contributed by atoms with Crippen molar-refractivity contribution in [1.29, 1.82) is 5.26 Å². The van der Waals surface area contributed by atoms with Gasteiger partial charge in [-0.3, -0.25) is 14.2 Å². The van der Waals surface area contributed by atoms with Crippen LogP contribution in [0.2, 0.25) is 5.02 Å². The lowest BCUT2D eigenvalue weighted by molar-refractivity contribution is -0.113. The molecule has 0 aliphatic heterocycles. The zero-order chi connectivity index (χ0) is 21.8. The lowest BCUT2D eigenvalue weighted by Gasteiger charge is -2.12. The summed E-state index contributed by atoms with van der Waals surface area (Å²) in [6.07, 6.45) is 1.80. The fourth-order valence-corrected chi connectivity index (χ4v) is 5.03. The molecule has 3 aromatic rings. The first kappa shape index (κ1) is 22.3. The summed E-state index contributed by atoms with van der Waals surface area (Å²) in [7, 11) is 0. The first-order valence-electron chi connectivity index (χ1n) is 9.48. The Bertz CT molecular complexity index is 1210. The molecule has 2 aromatic heterocycles. The number of carbonyl (C=O) groups excluding carboxylic acids is 1. The molecule has 1 N–H and O–H groups in total. The normalized spacial score (nSPS) is 10.9. The van der Waals surface area contributed by atoms with E-state index in [1.165, 1.54) is 23.1 Å². The van der Waals surface area contributed by atoms with Crippen molar-refractivity contribution in [2.24, 2.45) is 0 Å². The van der Waals surface area contributed by atoms with Gasteiger partial charge in [-0.25, -0.2) is 4.98 Å². The summed E-state index contributed by atoms with van der Waals surface area (Å²) in [5.74, 6) is -0.237. The number of fused-ring (bicyclic) bond motifs is 1. The number of anilines is 1. The summed E-state index contributed by atoms with van der Waals surface area (Å²) in [4.78, 5) is 32.1. The Labute approximate surface area is 187 Å². The number of hydrogen-bond donors (Lipinski definition) is 1. The lowest BCUT2D eigenvalue weighted by Crippen LogP contribution is -2.24. The number of carbonyl (C=O) groups is 1. The summed E-state index contributed by atoms with van der Waals surface area (Å²) < 4.78 is 1.67. The van der Waals surface area contributed by atoms with Crippen LogP contribution in [-0.2, 0) is 11.3 Å². The Balaban J connectivity index is 1.86. The molecule has 0 bridgehead atoms. The molecule has 2 heterocycles. The van der Waals surface area contributed by atoms with Crippen LogP contribution < -0.4 is 10.9 Å². The van der Waals surface area contributed by atoms with Gasteiger partial charge in [0.05, 0.1) is 22.4 Å². The summed E-state index contributed by atoms with van der Waals surface area (Å²) in [6, 6.07) is 6.73. The number of nitrogens with zero attached hydrogens (tertiary/aromatic N) is 3. The number of hydrogen-bond acceptors (Lipinski definition) is 6. The van der Waals surface area contributed by atoms with Gasteiger partial charge in [0, 0.05) is 16.4 Å². The second kappa shape index (κ2) is 9.65. The molecule has 0 saturated carbocycles. The number of aromatic nitrogens is 2. The van der Waals surface area contributed by atoms with Crippen LogP contribution >= 0.6 is 34.7 Å². The predicted molar refractivity (Wildman–Crippen MR) is 124 cm³/mol. The molecule has 0 fully saturated rings. The zero-order valence-corrected chi connectivity index (χ0v) is 19.3. The monoisotopic (exact) mass is 460 g/mol. The Kier molecular flexibility index (Phi) is 7.19. The topological polar surface area (TPSA) is 87.8 Å². The molecule has 0 aliphatic carbocycles. The zero-order valence-electron chi connectivity index (χ0n) is 16.9. The van der Waals surface area contributed by atoms with Crippen LogP contribution in [-0.4, -0.2) is 21.2 Å². The first-order chi connectivity index (χ1) is 14.3. The molecule has 0 saturated heterocycles. The molecular formula is C21H21ClN4O2S2. The predicted octanol–water partition coefficient (Wildman–Crippen LogP) is 5.13. The van der Waals surface area contributed by atoms with E-state index in [4.69, 9.17) is 11.6 Å². The number of unbranched alkanes of at least 4 members (excludes halogenated alkanes) is 1. The van der Waals surface area contributed by atoms with E-state index in [0.29, 0.717) is 38.2 Å². The van der Waals surface area contributed by atoms with E-state index in [9.17, 15) is 14.9 Å². The van der Waals surface area contributed by atoms with Crippen molar-refractivity contribution in [3.63, 3.8) is 0 Å². The number of thiophene rings is 1. The highest BCUT2D eigenvalue weighted by molar-refractivity contribution is 7.99. The van der Waals surface area contributed by atoms with Crippen molar-refractivity contribution < 1.29 is 4.79 Å². The Morgan fingerprint density at radius 1 is 1.40 bits per heavy atom. The van der Waals surface area contributed by atoms with Gasteiger partial charge in [-0.2, -0.15) is 5.26 Å². The molecule has 0 aliphatic rings. The molecule has 0 radical (unpaired) electrons. The van der Waals surface area contributed by atoms with Crippen LogP contribution in [0, 0.1) is 25.2 Å². The Morgan fingerprint density at radius 2 is 2.17 bits per heavy atom. The maximum atomic E-state index is 13.1. The highest BCUT2D eigenvalue weighted by Gasteiger charge is 2.18. The fourth-order valence-electron chi connectivity index (χ4n) is 2.97. The van der Waals surface area contributed by atoms with Crippen molar-refractivity contribution >= 4 is 56.5 Å². The maximum Gasteiger partial charge on any atom is 0.263 e. The molecule has 9 heteroatoms. The van der Waals surface area contributed by atoms with Crippen molar-refractivity contribution in [2.75, 3.05) is 11.1 Å². The van der Waals surface area contributed by atoms with Gasteiger partial charge in [0.1, 0.15) is 10.9 Å². The van der Waals surface area contributed by atoms with Crippen molar-refractivity contribution in [3.8, 4) is 6.07 Å². The molecule has 6 nitrogen and oxygen atoms in total. The van der Waals surface area contributed by atoms with Gasteiger partial charge >= 0.3 is 0 Å². The van der Waals surface area contributed by atoms with E-state index in [0.717, 1.165) is 23.3 Å². The van der Waals surface area contributed by atoms with Crippen LogP contribution in [0.3, 0.4) is 0 Å². The van der Waals surface area contributed by atoms with E-state index in [2.05, 4.69) is 17.2 Å². The average molecular weight is 461 g/mol. The maximum absolute atomic E-state index is 13.1. The number of halogens is 1. The molecule has 1 aromatic carbocycles. The van der Waals surface area contributed by atoms with Crippen molar-refractivity contribution in [1.82, 2.24) is 9.55 Å². The third-order valence-corrected chi connectivity index (χ3v) is 7.01. The number of aryl methyl sites for hydroxylation is 2. The van der Waals surface area contributed by atoms with E-state index in [-0.39, 0.29) is 17.2 Å². The summed E-state index contributed by atoms with van der Waals surface area (Å²) >= 11 is 8.69. The quantitative estimate of drug-likeness (QED) is 0.390. The number of thioether (sulfide) groups is 1. The number of nitrogens with one attached hydrogen (secondary N) is 1. The minimum atomic E-state index is -0.298. The van der Waals surface area contributed by atoms with E-state index >= 15 is 0 Å². The van der Waals surface area contributed by atoms with Crippen molar-refractivity contribution in [2.45, 2.75) is 45.3 Å². The van der Waals surface area contributed by atoms with Gasteiger partial charge in [-0.05, 0) is 44.0 Å². The number of amides is 1. The van der Waals surface area contributed by atoms with Crippen LogP contribution in [0.25, 0.3) is 10.2 Å². The molecule has 0 spiro atoms. The van der Waals surface area contributed by atoms with E-state index < -0.39 is 0 Å². The standard InChI is InChI=1S/C21H21ClN4O2S2/c1-4-5-8-26-20(28)18-12(2)13(3)30-19(18)25-21(26)29-11-17(27)24-16-9-15(22)7-6-14(16)10-23/h6-7,9H,4-5,8,11H2,1-3H3,(H,24,27). The second-order valence-electron chi connectivity index (χ2n) is 6.81. The SMILES string of the molecule is CCCCn1c(SCC(=O)Nc2cc(Cl)ccc2C#N)nc2sc(C)c(C)c2c1=O. The summed E-state index contributed by atoms with van der Waals surface area (Å²) in [5.41, 5.74) is 1.62. The van der Waals surface area contributed by atoms with Gasteiger partial charge in [-0.15, -0.1) is 11.3 Å². The average Bonchev–Trinajstić information content (AvgIpc) is 3.00. The third-order valence-electron chi connectivity index (χ3n) is 4.70. The Morgan fingerprint density at radius 3 is 2.87 bits per heavy atom. The van der Waals surface area contributed by atoms with Crippen LogP contribution in [0.5, 0.6) is 0 Å². The lowest BCUT2D eigenvalue weighted by atomic mass is 10.2. The minimum Gasteiger partial charge on any atom is -0.324 e. The minimum absolute atomic E-state index is 0.0557. The molecule has 30 heavy (non-hydrogen) atoms. The highest BCUT2D eigenvalue weighted by atomic mass is 35.5. The third kappa shape index (κ3) is 4.69. The summed E-state index contributed by atoms with van der Waals surface area (Å²) in [6.45, 7) is 6.55. The van der Waals surface area contributed by atoms with Gasteiger partial charge in [0.25, 0.3) is 5.56 Å². The highest BCUT2D eigenvalue weighted by Crippen LogP contribution is 2.29. The van der Waals surface area contributed by atoms with Crippen LogP contribution in [0.15, 0.2) is 28.2 Å². The van der Waals surface area contributed by atoms with Gasteiger partial charge < -0.3 is 5.32 Å². The first-order valence-corrected chi connectivity index (χ1v) is 11.7. The van der Waals surface area contributed by atoms with Crippen LogP contribution in [0.4, 0.5) is 5.69 Å². The van der Waals surface area contributed by atoms with E-state index in [1.807, 2.05) is 19.9 Å². The van der Waals surface area contributed by atoms with Crippen molar-refractivity contribution in [3.05, 3.63) is 49.6 Å². The number of nitriles is 1. The van der Waals surface area contributed by atoms with Crippen LogP contribution in [0.1, 0.15) is 35.8 Å². The molecular weight excluding hydrogens is 440 g/mol. The second-order valence-corrected chi connectivity index (χ2v) is 9.39. The molecule has 1 amide bonds.